The molecule has 2 bridgehead atoms. The Hall–Kier alpha value is -1.82. The number of ether oxygens (including phenoxy) is 1. The van der Waals surface area contributed by atoms with Gasteiger partial charge in [0.05, 0.1) is 23.8 Å². The lowest BCUT2D eigenvalue weighted by molar-refractivity contribution is -0.384. The first-order valence-electron chi connectivity index (χ1n) is 7.42. The number of nitro groups is 1. The van der Waals surface area contributed by atoms with Crippen LogP contribution in [0.4, 0.5) is 11.4 Å². The molecule has 0 saturated carbocycles. The third-order valence-corrected chi connectivity index (χ3v) is 4.79. The zero-order chi connectivity index (χ0) is 15.0. The number of fused-ring (bicyclic) bond motifs is 2. The third-order valence-electron chi connectivity index (χ3n) is 4.79. The van der Waals surface area contributed by atoms with Gasteiger partial charge in [-0.3, -0.25) is 10.1 Å². The lowest BCUT2D eigenvalue weighted by Crippen LogP contribution is -2.48. The van der Waals surface area contributed by atoms with Gasteiger partial charge in [-0.2, -0.15) is 0 Å². The van der Waals surface area contributed by atoms with Gasteiger partial charge in [-0.1, -0.05) is 0 Å². The summed E-state index contributed by atoms with van der Waals surface area (Å²) in [5, 5.41) is 14.3. The van der Waals surface area contributed by atoms with E-state index in [2.05, 4.69) is 10.2 Å². The molecule has 6 nitrogen and oxygen atoms in total. The lowest BCUT2D eigenvalue weighted by atomic mass is 9.96. The molecule has 1 aromatic rings. The van der Waals surface area contributed by atoms with Crippen molar-refractivity contribution in [3.05, 3.63) is 28.3 Å². The van der Waals surface area contributed by atoms with E-state index in [1.807, 2.05) is 13.1 Å². The first-order valence-corrected chi connectivity index (χ1v) is 7.42. The van der Waals surface area contributed by atoms with Gasteiger partial charge in [-0.25, -0.2) is 0 Å². The van der Waals surface area contributed by atoms with Gasteiger partial charge in [-0.05, 0) is 38.8 Å². The van der Waals surface area contributed by atoms with Gasteiger partial charge >= 0.3 is 0 Å². The van der Waals surface area contributed by atoms with Crippen LogP contribution in [0.25, 0.3) is 0 Å². The predicted molar refractivity (Wildman–Crippen MR) is 81.0 cm³/mol. The number of hydrogen-bond acceptors (Lipinski definition) is 5. The van der Waals surface area contributed by atoms with E-state index in [0.717, 1.165) is 18.5 Å². The van der Waals surface area contributed by atoms with E-state index in [-0.39, 0.29) is 10.6 Å². The monoisotopic (exact) mass is 291 g/mol. The molecule has 0 aliphatic carbocycles. The second-order valence-corrected chi connectivity index (χ2v) is 5.86. The average molecular weight is 291 g/mol. The minimum atomic E-state index is -0.381. The molecule has 0 radical (unpaired) electrons. The second-order valence-electron chi connectivity index (χ2n) is 5.86. The highest BCUT2D eigenvalue weighted by atomic mass is 16.6. The van der Waals surface area contributed by atoms with Crippen LogP contribution in [0.3, 0.4) is 0 Å². The van der Waals surface area contributed by atoms with E-state index in [9.17, 15) is 10.1 Å². The maximum Gasteiger partial charge on any atom is 0.273 e. The molecular formula is C15H21N3O3. The SMILES string of the molecule is CNC1CC2CCC(C1)N2c1ccc([N+](=O)[O-])cc1OC. The van der Waals surface area contributed by atoms with E-state index in [1.54, 1.807) is 13.2 Å². The number of nitrogens with zero attached hydrogens (tertiary/aromatic N) is 2. The van der Waals surface area contributed by atoms with Gasteiger partial charge in [0.15, 0.2) is 0 Å². The fraction of sp³-hybridized carbons (Fsp3) is 0.600. The lowest BCUT2D eigenvalue weighted by Gasteiger charge is -2.41. The van der Waals surface area contributed by atoms with Crippen molar-refractivity contribution in [1.29, 1.82) is 0 Å². The quantitative estimate of drug-likeness (QED) is 0.681. The minimum Gasteiger partial charge on any atom is -0.494 e. The summed E-state index contributed by atoms with van der Waals surface area (Å²) in [6, 6.07) is 6.50. The van der Waals surface area contributed by atoms with Crippen LogP contribution in [0.2, 0.25) is 0 Å². The molecule has 6 heteroatoms. The number of nitrogens with one attached hydrogen (secondary N) is 1. The molecule has 2 heterocycles. The summed E-state index contributed by atoms with van der Waals surface area (Å²) >= 11 is 0. The summed E-state index contributed by atoms with van der Waals surface area (Å²) in [6.45, 7) is 0. The molecule has 2 saturated heterocycles. The maximum atomic E-state index is 10.9. The van der Waals surface area contributed by atoms with Crippen molar-refractivity contribution in [2.45, 2.75) is 43.8 Å². The number of piperidine rings is 1. The Morgan fingerprint density at radius 3 is 2.52 bits per heavy atom. The first kappa shape index (κ1) is 14.1. The Kier molecular flexibility index (Phi) is 3.71. The summed E-state index contributed by atoms with van der Waals surface area (Å²) in [4.78, 5) is 12.9. The first-order chi connectivity index (χ1) is 10.1. The highest BCUT2D eigenvalue weighted by Crippen LogP contribution is 2.43. The number of non-ortho nitro benzene ring substituents is 1. The van der Waals surface area contributed by atoms with Gasteiger partial charge in [-0.15, -0.1) is 0 Å². The predicted octanol–water partition coefficient (Wildman–Crippen LogP) is 2.32. The summed E-state index contributed by atoms with van der Waals surface area (Å²) in [6.07, 6.45) is 4.60. The molecule has 1 aromatic carbocycles. The number of benzene rings is 1. The molecule has 2 fully saturated rings. The summed E-state index contributed by atoms with van der Waals surface area (Å²) in [5.74, 6) is 0.601. The van der Waals surface area contributed by atoms with Crippen LogP contribution in [0.5, 0.6) is 5.75 Å². The standard InChI is InChI=1S/C15H21N3O3/c1-16-10-7-11-3-4-12(8-10)17(11)14-6-5-13(18(19)20)9-15(14)21-2/h5-6,9-12,16H,3-4,7-8H2,1-2H3. The van der Waals surface area contributed by atoms with Crippen LogP contribution >= 0.6 is 0 Å². The number of methoxy groups -OCH3 is 1. The summed E-state index contributed by atoms with van der Waals surface area (Å²) in [5.41, 5.74) is 1.07. The summed E-state index contributed by atoms with van der Waals surface area (Å²) < 4.78 is 5.41. The zero-order valence-corrected chi connectivity index (χ0v) is 12.4. The van der Waals surface area contributed by atoms with Gasteiger partial charge in [0.25, 0.3) is 5.69 Å². The molecule has 114 valence electrons. The number of nitro benzene ring substituents is 1. The second kappa shape index (κ2) is 5.52. The molecule has 2 aliphatic heterocycles. The number of anilines is 1. The Morgan fingerprint density at radius 1 is 1.33 bits per heavy atom. The van der Waals surface area contributed by atoms with Crippen molar-refractivity contribution in [2.75, 3.05) is 19.1 Å². The van der Waals surface area contributed by atoms with Gasteiger partial charge in [0.1, 0.15) is 5.75 Å². The average Bonchev–Trinajstić information content (AvgIpc) is 2.76. The van der Waals surface area contributed by atoms with E-state index in [0.29, 0.717) is 23.9 Å². The Labute approximate surface area is 124 Å². The van der Waals surface area contributed by atoms with Crippen LogP contribution in [-0.4, -0.2) is 37.2 Å². The highest BCUT2D eigenvalue weighted by molar-refractivity contribution is 5.64. The van der Waals surface area contributed by atoms with Crippen molar-refractivity contribution in [3.8, 4) is 5.75 Å². The Balaban J connectivity index is 1.92. The van der Waals surface area contributed by atoms with Crippen LogP contribution in [0, 0.1) is 10.1 Å². The van der Waals surface area contributed by atoms with Crippen molar-refractivity contribution in [1.82, 2.24) is 5.32 Å². The molecule has 1 N–H and O–H groups in total. The Morgan fingerprint density at radius 2 is 2.00 bits per heavy atom. The molecule has 2 unspecified atom stereocenters. The molecule has 0 aromatic heterocycles. The van der Waals surface area contributed by atoms with Gasteiger partial charge < -0.3 is 15.0 Å². The third kappa shape index (κ3) is 2.44. The molecule has 21 heavy (non-hydrogen) atoms. The van der Waals surface area contributed by atoms with Crippen molar-refractivity contribution in [2.24, 2.45) is 0 Å². The van der Waals surface area contributed by atoms with Crippen LogP contribution < -0.4 is 15.0 Å². The van der Waals surface area contributed by atoms with Crippen molar-refractivity contribution >= 4 is 11.4 Å². The van der Waals surface area contributed by atoms with E-state index in [4.69, 9.17) is 4.74 Å². The molecule has 0 spiro atoms. The van der Waals surface area contributed by atoms with Gasteiger partial charge in [0, 0.05) is 24.2 Å². The maximum absolute atomic E-state index is 10.9. The van der Waals surface area contributed by atoms with E-state index >= 15 is 0 Å². The largest absolute Gasteiger partial charge is 0.494 e. The normalized spacial score (nSPS) is 27.7. The van der Waals surface area contributed by atoms with Crippen molar-refractivity contribution < 1.29 is 9.66 Å². The smallest absolute Gasteiger partial charge is 0.273 e. The molecular weight excluding hydrogens is 270 g/mol. The van der Waals surface area contributed by atoms with Crippen molar-refractivity contribution in [3.63, 3.8) is 0 Å². The topological polar surface area (TPSA) is 67.6 Å². The molecule has 0 amide bonds. The highest BCUT2D eigenvalue weighted by Gasteiger charge is 2.41. The number of hydrogen-bond donors (Lipinski definition) is 1. The minimum absolute atomic E-state index is 0.0769. The van der Waals surface area contributed by atoms with Gasteiger partial charge in [0.2, 0.25) is 0 Å². The zero-order valence-electron chi connectivity index (χ0n) is 12.4. The molecule has 2 aliphatic rings. The number of rotatable bonds is 4. The summed E-state index contributed by atoms with van der Waals surface area (Å²) in [7, 11) is 3.59. The van der Waals surface area contributed by atoms with E-state index < -0.39 is 0 Å². The molecule has 3 rings (SSSR count). The fourth-order valence-electron chi connectivity index (χ4n) is 3.80. The fourth-order valence-corrected chi connectivity index (χ4v) is 3.80. The Bertz CT molecular complexity index is 535. The van der Waals surface area contributed by atoms with Crippen LogP contribution in [0.15, 0.2) is 18.2 Å². The molecule has 2 atom stereocenters. The van der Waals surface area contributed by atoms with Crippen LogP contribution in [0.1, 0.15) is 25.7 Å². The van der Waals surface area contributed by atoms with Crippen LogP contribution in [-0.2, 0) is 0 Å². The van der Waals surface area contributed by atoms with E-state index in [1.165, 1.54) is 18.9 Å².